The standard InChI is InChI=1S/C33H34F7N3O3/c1-18-12-24(34)6-7-25(18)26-16-28(43-10-8-20(9-11-43)19(2)29(44)45)41-17-27(26)42(5)30(46)31(3,4)21-13-22(32(35,36)37)15-23(14-21)33(38,39)40/h6-7,12-17,19-20H,8-11H2,1-5H3,(H,44,45). The molecule has 1 aromatic heterocycles. The number of piperidine rings is 1. The number of aryl methyl sites for hydroxylation is 1. The summed E-state index contributed by atoms with van der Waals surface area (Å²) in [4.78, 5) is 33.1. The highest BCUT2D eigenvalue weighted by molar-refractivity contribution is 6.03. The Labute approximate surface area is 261 Å². The summed E-state index contributed by atoms with van der Waals surface area (Å²) in [5.41, 5.74) is -3.71. The van der Waals surface area contributed by atoms with Crippen LogP contribution in [-0.2, 0) is 27.4 Å². The van der Waals surface area contributed by atoms with E-state index >= 15 is 0 Å². The van der Waals surface area contributed by atoms with Gasteiger partial charge in [0.1, 0.15) is 11.6 Å². The molecular formula is C33H34F7N3O3. The van der Waals surface area contributed by atoms with Gasteiger partial charge in [0.25, 0.3) is 0 Å². The highest BCUT2D eigenvalue weighted by atomic mass is 19.4. The first-order chi connectivity index (χ1) is 21.2. The zero-order valence-corrected chi connectivity index (χ0v) is 25.9. The van der Waals surface area contributed by atoms with E-state index in [1.54, 1.807) is 19.9 Å². The van der Waals surface area contributed by atoms with Gasteiger partial charge in [-0.3, -0.25) is 9.59 Å². The number of pyridine rings is 1. The van der Waals surface area contributed by atoms with Crippen LogP contribution in [0.5, 0.6) is 0 Å². The topological polar surface area (TPSA) is 73.7 Å². The van der Waals surface area contributed by atoms with Gasteiger partial charge in [-0.25, -0.2) is 9.37 Å². The van der Waals surface area contributed by atoms with E-state index in [0.717, 1.165) is 4.90 Å². The number of carboxylic acids is 1. The van der Waals surface area contributed by atoms with Crippen molar-refractivity contribution >= 4 is 23.4 Å². The van der Waals surface area contributed by atoms with Gasteiger partial charge in [0.2, 0.25) is 5.91 Å². The van der Waals surface area contributed by atoms with Crippen molar-refractivity contribution in [1.82, 2.24) is 4.98 Å². The summed E-state index contributed by atoms with van der Waals surface area (Å²) in [5, 5.41) is 9.40. The maximum Gasteiger partial charge on any atom is 0.416 e. The number of hydrogen-bond acceptors (Lipinski definition) is 4. The molecule has 1 aliphatic heterocycles. The summed E-state index contributed by atoms with van der Waals surface area (Å²) < 4.78 is 95.8. The first-order valence-electron chi connectivity index (χ1n) is 14.5. The Kier molecular flexibility index (Phi) is 9.48. The molecule has 3 aromatic rings. The lowest BCUT2D eigenvalue weighted by Crippen LogP contribution is -2.42. The van der Waals surface area contributed by atoms with Crippen LogP contribution in [-0.4, -0.2) is 42.1 Å². The third-order valence-electron chi connectivity index (χ3n) is 8.82. The van der Waals surface area contributed by atoms with Crippen LogP contribution in [0, 0.1) is 24.6 Å². The van der Waals surface area contributed by atoms with Crippen LogP contribution < -0.4 is 9.80 Å². The molecule has 1 fully saturated rings. The Morgan fingerprint density at radius 3 is 1.96 bits per heavy atom. The lowest BCUT2D eigenvalue weighted by atomic mass is 9.81. The quantitative estimate of drug-likeness (QED) is 0.261. The van der Waals surface area contributed by atoms with Crippen LogP contribution in [0.2, 0.25) is 0 Å². The minimum absolute atomic E-state index is 0.0109. The van der Waals surface area contributed by atoms with E-state index in [9.17, 15) is 45.4 Å². The minimum atomic E-state index is -5.09. The van der Waals surface area contributed by atoms with Gasteiger partial charge in [0, 0.05) is 25.7 Å². The van der Waals surface area contributed by atoms with Gasteiger partial charge in [0.05, 0.1) is 34.3 Å². The van der Waals surface area contributed by atoms with E-state index < -0.39 is 58.1 Å². The number of amides is 1. The normalized spacial score (nSPS) is 15.5. The number of likely N-dealkylation sites (N-methyl/N-ethyl adjacent to an activating group) is 1. The Morgan fingerprint density at radius 1 is 0.913 bits per heavy atom. The smallest absolute Gasteiger partial charge is 0.416 e. The number of hydrogen-bond donors (Lipinski definition) is 1. The van der Waals surface area contributed by atoms with Crippen molar-refractivity contribution in [2.45, 2.75) is 58.3 Å². The Balaban J connectivity index is 1.76. The summed E-state index contributed by atoms with van der Waals surface area (Å²) >= 11 is 0. The number of benzene rings is 2. The van der Waals surface area contributed by atoms with E-state index in [1.807, 2.05) is 4.90 Å². The average Bonchev–Trinajstić information content (AvgIpc) is 2.98. The van der Waals surface area contributed by atoms with Crippen molar-refractivity contribution in [2.75, 3.05) is 29.9 Å². The predicted molar refractivity (Wildman–Crippen MR) is 159 cm³/mol. The van der Waals surface area contributed by atoms with Crippen LogP contribution in [0.1, 0.15) is 55.9 Å². The molecule has 0 radical (unpaired) electrons. The minimum Gasteiger partial charge on any atom is -0.481 e. The van der Waals surface area contributed by atoms with Gasteiger partial charge >= 0.3 is 18.3 Å². The maximum absolute atomic E-state index is 14.1. The average molecular weight is 654 g/mol. The summed E-state index contributed by atoms with van der Waals surface area (Å²) in [6.07, 6.45) is -7.58. The van der Waals surface area contributed by atoms with E-state index in [4.69, 9.17) is 0 Å². The molecule has 0 bridgehead atoms. The molecule has 6 nitrogen and oxygen atoms in total. The SMILES string of the molecule is Cc1cc(F)ccc1-c1cc(N2CCC(C(C)C(=O)O)CC2)ncc1N(C)C(=O)C(C)(C)c1cc(C(F)(F)F)cc(C(F)(F)F)c1. The van der Waals surface area contributed by atoms with Crippen LogP contribution in [0.25, 0.3) is 11.1 Å². The van der Waals surface area contributed by atoms with Crippen molar-refractivity contribution in [3.63, 3.8) is 0 Å². The third kappa shape index (κ3) is 7.13. The number of nitrogens with zero attached hydrogens (tertiary/aromatic N) is 3. The molecule has 1 aliphatic rings. The van der Waals surface area contributed by atoms with Crippen LogP contribution in [0.3, 0.4) is 0 Å². The molecule has 13 heteroatoms. The van der Waals surface area contributed by atoms with Crippen molar-refractivity contribution in [1.29, 1.82) is 0 Å². The second kappa shape index (κ2) is 12.6. The molecule has 1 atom stereocenters. The van der Waals surface area contributed by atoms with E-state index in [1.165, 1.54) is 45.3 Å². The number of aromatic nitrogens is 1. The van der Waals surface area contributed by atoms with Gasteiger partial charge in [-0.1, -0.05) is 13.0 Å². The fourth-order valence-electron chi connectivity index (χ4n) is 5.82. The molecule has 248 valence electrons. The number of carbonyl (C=O) groups excluding carboxylic acids is 1. The second-order valence-corrected chi connectivity index (χ2v) is 12.3. The van der Waals surface area contributed by atoms with Gasteiger partial charge < -0.3 is 14.9 Å². The summed E-state index contributed by atoms with van der Waals surface area (Å²) in [6, 6.07) is 6.84. The van der Waals surface area contributed by atoms with Gasteiger partial charge in [0.15, 0.2) is 0 Å². The first kappa shape index (κ1) is 34.7. The summed E-state index contributed by atoms with van der Waals surface area (Å²) in [7, 11) is 1.35. The summed E-state index contributed by atoms with van der Waals surface area (Å²) in [6.45, 7) is 6.84. The second-order valence-electron chi connectivity index (χ2n) is 12.3. The maximum atomic E-state index is 14.1. The zero-order valence-electron chi connectivity index (χ0n) is 25.9. The highest BCUT2D eigenvalue weighted by Gasteiger charge is 2.41. The molecule has 46 heavy (non-hydrogen) atoms. The van der Waals surface area contributed by atoms with Crippen LogP contribution in [0.4, 0.5) is 42.2 Å². The molecule has 4 rings (SSSR count). The molecule has 0 spiro atoms. The first-order valence-corrected chi connectivity index (χ1v) is 14.5. The molecule has 2 aromatic carbocycles. The lowest BCUT2D eigenvalue weighted by molar-refractivity contribution is -0.144. The number of carbonyl (C=O) groups is 2. The Bertz CT molecular complexity index is 1600. The third-order valence-corrected chi connectivity index (χ3v) is 8.82. The number of carboxylic acid groups (broad SMARTS) is 1. The number of alkyl halides is 6. The largest absolute Gasteiger partial charge is 0.481 e. The number of aliphatic carboxylic acids is 1. The number of halogens is 7. The van der Waals surface area contributed by atoms with Crippen molar-refractivity contribution in [3.05, 3.63) is 76.7 Å². The Morgan fingerprint density at radius 2 is 1.46 bits per heavy atom. The molecule has 2 heterocycles. The molecule has 0 saturated carbocycles. The van der Waals surface area contributed by atoms with Gasteiger partial charge in [-0.2, -0.15) is 26.3 Å². The Hall–Kier alpha value is -4.16. The van der Waals surface area contributed by atoms with Crippen molar-refractivity contribution in [3.8, 4) is 11.1 Å². The van der Waals surface area contributed by atoms with Crippen molar-refractivity contribution < 1.29 is 45.4 Å². The molecule has 1 N–H and O–H groups in total. The van der Waals surface area contributed by atoms with Crippen LogP contribution >= 0.6 is 0 Å². The number of rotatable bonds is 7. The highest BCUT2D eigenvalue weighted by Crippen LogP contribution is 2.41. The van der Waals surface area contributed by atoms with Crippen LogP contribution in [0.15, 0.2) is 48.7 Å². The lowest BCUT2D eigenvalue weighted by Gasteiger charge is -2.35. The monoisotopic (exact) mass is 653 g/mol. The molecular weight excluding hydrogens is 619 g/mol. The van der Waals surface area contributed by atoms with E-state index in [2.05, 4.69) is 4.98 Å². The molecule has 1 saturated heterocycles. The fourth-order valence-corrected chi connectivity index (χ4v) is 5.82. The summed E-state index contributed by atoms with van der Waals surface area (Å²) in [5.74, 6) is -2.20. The molecule has 1 unspecified atom stereocenters. The molecule has 1 amide bonds. The number of anilines is 2. The van der Waals surface area contributed by atoms with Gasteiger partial charge in [-0.05, 0) is 92.6 Å². The molecule has 0 aliphatic carbocycles. The van der Waals surface area contributed by atoms with Crippen molar-refractivity contribution in [2.24, 2.45) is 11.8 Å². The zero-order chi connectivity index (χ0) is 34.4. The van der Waals surface area contributed by atoms with E-state index in [-0.39, 0.29) is 17.7 Å². The van der Waals surface area contributed by atoms with Gasteiger partial charge in [-0.15, -0.1) is 0 Å². The fraction of sp³-hybridized carbons (Fsp3) is 0.424. The predicted octanol–water partition coefficient (Wildman–Crippen LogP) is 8.11. The van der Waals surface area contributed by atoms with E-state index in [0.29, 0.717) is 60.6 Å².